The van der Waals surface area contributed by atoms with Crippen LogP contribution < -0.4 is 14.8 Å². The molecule has 6 heteroatoms. The summed E-state index contributed by atoms with van der Waals surface area (Å²) in [6.45, 7) is 6.20. The SMILES string of the molecule is COc1cccc(OC)c1C(=O)Nc1cc(C(C)(C)C)cnn1. The number of methoxy groups -OCH3 is 2. The van der Waals surface area contributed by atoms with Crippen molar-refractivity contribution in [3.05, 3.63) is 41.6 Å². The maximum atomic E-state index is 12.6. The van der Waals surface area contributed by atoms with E-state index in [-0.39, 0.29) is 11.3 Å². The third-order valence-electron chi connectivity index (χ3n) is 3.42. The van der Waals surface area contributed by atoms with E-state index in [1.165, 1.54) is 14.2 Å². The minimum atomic E-state index is -0.361. The second-order valence-corrected chi connectivity index (χ2v) is 6.07. The third-order valence-corrected chi connectivity index (χ3v) is 3.42. The molecule has 1 aromatic carbocycles. The quantitative estimate of drug-likeness (QED) is 0.938. The fourth-order valence-corrected chi connectivity index (χ4v) is 2.09. The van der Waals surface area contributed by atoms with Gasteiger partial charge in [-0.2, -0.15) is 5.10 Å². The fraction of sp³-hybridized carbons (Fsp3) is 0.353. The Labute approximate surface area is 135 Å². The highest BCUT2D eigenvalue weighted by Crippen LogP contribution is 2.29. The van der Waals surface area contributed by atoms with Crippen molar-refractivity contribution in [3.8, 4) is 11.5 Å². The molecule has 0 fully saturated rings. The Kier molecular flexibility index (Phi) is 4.83. The summed E-state index contributed by atoms with van der Waals surface area (Å²) in [5.74, 6) is 0.888. The summed E-state index contributed by atoms with van der Waals surface area (Å²) in [4.78, 5) is 12.6. The van der Waals surface area contributed by atoms with Crippen LogP contribution in [0.15, 0.2) is 30.5 Å². The molecule has 2 aromatic rings. The van der Waals surface area contributed by atoms with Crippen LogP contribution in [0, 0.1) is 0 Å². The van der Waals surface area contributed by atoms with E-state index in [9.17, 15) is 4.79 Å². The summed E-state index contributed by atoms with van der Waals surface area (Å²) in [7, 11) is 3.01. The maximum absolute atomic E-state index is 12.6. The first-order chi connectivity index (χ1) is 10.9. The van der Waals surface area contributed by atoms with Gasteiger partial charge in [-0.1, -0.05) is 26.8 Å². The lowest BCUT2D eigenvalue weighted by Crippen LogP contribution is -2.18. The van der Waals surface area contributed by atoms with Gasteiger partial charge < -0.3 is 14.8 Å². The van der Waals surface area contributed by atoms with E-state index < -0.39 is 0 Å². The molecule has 1 amide bonds. The van der Waals surface area contributed by atoms with Gasteiger partial charge in [0.1, 0.15) is 17.1 Å². The first kappa shape index (κ1) is 16.7. The van der Waals surface area contributed by atoms with Crippen LogP contribution in [-0.4, -0.2) is 30.3 Å². The third kappa shape index (κ3) is 3.77. The summed E-state index contributed by atoms with van der Waals surface area (Å²) < 4.78 is 10.5. The van der Waals surface area contributed by atoms with Gasteiger partial charge in [-0.3, -0.25) is 4.79 Å². The molecule has 0 aliphatic rings. The molecule has 0 unspecified atom stereocenters. The second-order valence-electron chi connectivity index (χ2n) is 6.07. The fourth-order valence-electron chi connectivity index (χ4n) is 2.09. The van der Waals surface area contributed by atoms with Crippen LogP contribution in [0.2, 0.25) is 0 Å². The topological polar surface area (TPSA) is 73.3 Å². The number of hydrogen-bond donors (Lipinski definition) is 1. The summed E-state index contributed by atoms with van der Waals surface area (Å²) in [5, 5.41) is 10.7. The monoisotopic (exact) mass is 315 g/mol. The minimum Gasteiger partial charge on any atom is -0.496 e. The van der Waals surface area contributed by atoms with Crippen LogP contribution in [0.4, 0.5) is 5.82 Å². The first-order valence-electron chi connectivity index (χ1n) is 7.22. The maximum Gasteiger partial charge on any atom is 0.264 e. The van der Waals surface area contributed by atoms with E-state index in [0.29, 0.717) is 22.9 Å². The Balaban J connectivity index is 2.33. The number of rotatable bonds is 4. The molecule has 2 rings (SSSR count). The number of amides is 1. The molecule has 0 saturated carbocycles. The van der Waals surface area contributed by atoms with Gasteiger partial charge in [0.15, 0.2) is 5.82 Å². The van der Waals surface area contributed by atoms with Gasteiger partial charge in [0.25, 0.3) is 5.91 Å². The van der Waals surface area contributed by atoms with Crippen LogP contribution in [0.25, 0.3) is 0 Å². The molecule has 23 heavy (non-hydrogen) atoms. The van der Waals surface area contributed by atoms with E-state index in [1.807, 2.05) is 6.07 Å². The van der Waals surface area contributed by atoms with Crippen molar-refractivity contribution in [2.75, 3.05) is 19.5 Å². The minimum absolute atomic E-state index is 0.0858. The molecule has 0 aliphatic carbocycles. The lowest BCUT2D eigenvalue weighted by Gasteiger charge is -2.18. The largest absolute Gasteiger partial charge is 0.496 e. The van der Waals surface area contributed by atoms with Crippen molar-refractivity contribution in [3.63, 3.8) is 0 Å². The predicted octanol–water partition coefficient (Wildman–Crippen LogP) is 3.04. The zero-order valence-corrected chi connectivity index (χ0v) is 14.0. The zero-order valence-electron chi connectivity index (χ0n) is 14.0. The lowest BCUT2D eigenvalue weighted by atomic mass is 9.88. The Hall–Kier alpha value is -2.63. The van der Waals surface area contributed by atoms with Crippen LogP contribution >= 0.6 is 0 Å². The standard InChI is InChI=1S/C17H21N3O3/c1-17(2,3)11-9-14(20-18-10-11)19-16(21)15-12(22-4)7-6-8-13(15)23-5/h6-10H,1-5H3,(H,19,20,21). The van der Waals surface area contributed by atoms with Gasteiger partial charge in [-0.15, -0.1) is 5.10 Å². The van der Waals surface area contributed by atoms with Crippen LogP contribution in [-0.2, 0) is 5.41 Å². The molecule has 1 aromatic heterocycles. The Morgan fingerprint density at radius 2 is 1.74 bits per heavy atom. The first-order valence-corrected chi connectivity index (χ1v) is 7.22. The van der Waals surface area contributed by atoms with E-state index in [1.54, 1.807) is 24.4 Å². The molecule has 0 aliphatic heterocycles. The van der Waals surface area contributed by atoms with Crippen molar-refractivity contribution in [2.45, 2.75) is 26.2 Å². The molecule has 0 atom stereocenters. The number of aromatic nitrogens is 2. The van der Waals surface area contributed by atoms with Crippen LogP contribution in [0.3, 0.4) is 0 Å². The Bertz CT molecular complexity index is 686. The predicted molar refractivity (Wildman–Crippen MR) is 88.2 cm³/mol. The summed E-state index contributed by atoms with van der Waals surface area (Å²) in [5.41, 5.74) is 1.22. The van der Waals surface area contributed by atoms with Gasteiger partial charge in [-0.05, 0) is 29.2 Å². The highest BCUT2D eigenvalue weighted by atomic mass is 16.5. The van der Waals surface area contributed by atoms with Gasteiger partial charge in [-0.25, -0.2) is 0 Å². The number of hydrogen-bond acceptors (Lipinski definition) is 5. The molecular weight excluding hydrogens is 294 g/mol. The Morgan fingerprint density at radius 1 is 1.13 bits per heavy atom. The number of carbonyl (C=O) groups is 1. The number of ether oxygens (including phenoxy) is 2. The lowest BCUT2D eigenvalue weighted by molar-refractivity contribution is 0.102. The van der Waals surface area contributed by atoms with Gasteiger partial charge in [0.05, 0.1) is 20.4 Å². The van der Waals surface area contributed by atoms with Crippen LogP contribution in [0.5, 0.6) is 11.5 Å². The van der Waals surface area contributed by atoms with Crippen molar-refractivity contribution < 1.29 is 14.3 Å². The highest BCUT2D eigenvalue weighted by Gasteiger charge is 2.20. The average molecular weight is 315 g/mol. The molecule has 0 bridgehead atoms. The number of anilines is 1. The normalized spacial score (nSPS) is 11.0. The smallest absolute Gasteiger partial charge is 0.264 e. The molecule has 0 radical (unpaired) electrons. The van der Waals surface area contributed by atoms with E-state index >= 15 is 0 Å². The van der Waals surface area contributed by atoms with Crippen molar-refractivity contribution in [1.29, 1.82) is 0 Å². The van der Waals surface area contributed by atoms with E-state index in [0.717, 1.165) is 5.56 Å². The molecule has 1 heterocycles. The number of carbonyl (C=O) groups excluding carboxylic acids is 1. The molecule has 0 spiro atoms. The van der Waals surface area contributed by atoms with Gasteiger partial charge in [0.2, 0.25) is 0 Å². The van der Waals surface area contributed by atoms with Gasteiger partial charge in [0, 0.05) is 0 Å². The number of benzene rings is 1. The highest BCUT2D eigenvalue weighted by molar-refractivity contribution is 6.07. The van der Waals surface area contributed by atoms with E-state index in [4.69, 9.17) is 9.47 Å². The summed E-state index contributed by atoms with van der Waals surface area (Å²) >= 11 is 0. The second kappa shape index (κ2) is 6.64. The molecule has 1 N–H and O–H groups in total. The summed E-state index contributed by atoms with van der Waals surface area (Å²) in [6, 6.07) is 6.98. The molecule has 122 valence electrons. The zero-order chi connectivity index (χ0) is 17.0. The molecular formula is C17H21N3O3. The molecule has 0 saturated heterocycles. The number of nitrogens with zero attached hydrogens (tertiary/aromatic N) is 2. The molecule has 6 nitrogen and oxygen atoms in total. The van der Waals surface area contributed by atoms with Crippen molar-refractivity contribution in [2.24, 2.45) is 0 Å². The number of nitrogens with one attached hydrogen (secondary N) is 1. The van der Waals surface area contributed by atoms with Crippen LogP contribution in [0.1, 0.15) is 36.7 Å². The van der Waals surface area contributed by atoms with E-state index in [2.05, 4.69) is 36.3 Å². The summed E-state index contributed by atoms with van der Waals surface area (Å²) in [6.07, 6.45) is 1.69. The van der Waals surface area contributed by atoms with Crippen molar-refractivity contribution >= 4 is 11.7 Å². The average Bonchev–Trinajstić information content (AvgIpc) is 2.53. The van der Waals surface area contributed by atoms with Gasteiger partial charge >= 0.3 is 0 Å². The Morgan fingerprint density at radius 3 is 2.26 bits per heavy atom. The van der Waals surface area contributed by atoms with Crippen molar-refractivity contribution in [1.82, 2.24) is 10.2 Å².